The molecule has 2 N–H and O–H groups in total. The van der Waals surface area contributed by atoms with Crippen LogP contribution in [0.15, 0.2) is 42.5 Å². The van der Waals surface area contributed by atoms with Crippen molar-refractivity contribution in [2.75, 3.05) is 18.1 Å². The molecule has 1 heterocycles. The van der Waals surface area contributed by atoms with Crippen molar-refractivity contribution in [1.82, 2.24) is 14.9 Å². The van der Waals surface area contributed by atoms with Crippen LogP contribution in [-0.4, -0.2) is 40.3 Å². The van der Waals surface area contributed by atoms with Gasteiger partial charge in [-0.2, -0.15) is 24.9 Å². The molecule has 0 bridgehead atoms. The molecule has 0 saturated heterocycles. The van der Waals surface area contributed by atoms with E-state index in [1.807, 2.05) is 40.4 Å². The molecule has 3 rings (SSSR count). The third-order valence-electron chi connectivity index (χ3n) is 4.53. The Morgan fingerprint density at radius 2 is 1.90 bits per heavy atom. The van der Waals surface area contributed by atoms with Crippen molar-refractivity contribution >= 4 is 40.3 Å². The number of fused-ring (bicyclic) bond motifs is 1. The third kappa shape index (κ3) is 5.78. The maximum atomic E-state index is 12.8. The number of hydrogen-bond donors (Lipinski definition) is 2. The monoisotopic (exact) mass is 450 g/mol. The maximum Gasteiger partial charge on any atom is 0.405 e. The zero-order chi connectivity index (χ0) is 22.6. The lowest BCUT2D eigenvalue weighted by Crippen LogP contribution is -2.33. The number of hydrogen-bond acceptors (Lipinski definition) is 4. The Hall–Kier alpha value is -3.01. The van der Waals surface area contributed by atoms with Crippen LogP contribution in [0.25, 0.3) is 11.0 Å². The van der Waals surface area contributed by atoms with Crippen molar-refractivity contribution in [3.8, 4) is 0 Å². The number of aromatic nitrogens is 2. The number of para-hydroxylation sites is 2. The van der Waals surface area contributed by atoms with Crippen LogP contribution in [0.3, 0.4) is 0 Å². The standard InChI is InChI=1S/C21H21F3N4O2S/c1-13-7-8-14(20(30)25-12-21(22,23)24)9-16(13)27-19(29)10-28-17-6-4-3-5-15(17)26-18(28)11-31-2/h3-9H,10-12H2,1-2H3,(H,25,30)(H,27,29). The third-order valence-corrected chi connectivity index (χ3v) is 5.08. The molecule has 2 amide bonds. The zero-order valence-electron chi connectivity index (χ0n) is 16.9. The number of thioether (sulfide) groups is 1. The first-order chi connectivity index (χ1) is 14.7. The van der Waals surface area contributed by atoms with Crippen LogP contribution < -0.4 is 10.6 Å². The van der Waals surface area contributed by atoms with Gasteiger partial charge in [-0.15, -0.1) is 0 Å². The maximum absolute atomic E-state index is 12.8. The normalized spacial score (nSPS) is 11.5. The van der Waals surface area contributed by atoms with Gasteiger partial charge in [0, 0.05) is 11.3 Å². The fraction of sp³-hybridized carbons (Fsp3) is 0.286. The van der Waals surface area contributed by atoms with Crippen molar-refractivity contribution in [2.45, 2.75) is 25.4 Å². The van der Waals surface area contributed by atoms with E-state index in [1.165, 1.54) is 12.1 Å². The summed E-state index contributed by atoms with van der Waals surface area (Å²) in [5.74, 6) is 0.202. The molecule has 2 aromatic carbocycles. The van der Waals surface area contributed by atoms with E-state index >= 15 is 0 Å². The van der Waals surface area contributed by atoms with E-state index in [0.717, 1.165) is 16.9 Å². The van der Waals surface area contributed by atoms with E-state index < -0.39 is 18.6 Å². The smallest absolute Gasteiger partial charge is 0.343 e. The number of halogens is 3. The first kappa shape index (κ1) is 22.7. The molecule has 0 radical (unpaired) electrons. The fourth-order valence-electron chi connectivity index (χ4n) is 3.05. The lowest BCUT2D eigenvalue weighted by atomic mass is 10.1. The summed E-state index contributed by atoms with van der Waals surface area (Å²) >= 11 is 1.59. The Kier molecular flexibility index (Phi) is 6.89. The molecular formula is C21H21F3N4O2S. The zero-order valence-corrected chi connectivity index (χ0v) is 17.7. The highest BCUT2D eigenvalue weighted by atomic mass is 32.2. The molecule has 0 aliphatic heterocycles. The van der Waals surface area contributed by atoms with Crippen molar-refractivity contribution < 1.29 is 22.8 Å². The molecule has 31 heavy (non-hydrogen) atoms. The molecule has 0 aliphatic carbocycles. The molecule has 0 aliphatic rings. The lowest BCUT2D eigenvalue weighted by molar-refractivity contribution is -0.123. The number of nitrogens with zero attached hydrogens (tertiary/aromatic N) is 2. The second-order valence-corrected chi connectivity index (χ2v) is 7.78. The predicted molar refractivity (Wildman–Crippen MR) is 115 cm³/mol. The molecule has 164 valence electrons. The van der Waals surface area contributed by atoms with Gasteiger partial charge in [0.1, 0.15) is 18.9 Å². The summed E-state index contributed by atoms with van der Waals surface area (Å²) in [6.45, 7) is 0.326. The minimum absolute atomic E-state index is 0.0142. The summed E-state index contributed by atoms with van der Waals surface area (Å²) in [5, 5.41) is 4.58. The van der Waals surface area contributed by atoms with E-state index in [0.29, 0.717) is 17.0 Å². The number of benzene rings is 2. The van der Waals surface area contributed by atoms with E-state index in [2.05, 4.69) is 10.3 Å². The molecule has 0 saturated carbocycles. The van der Waals surface area contributed by atoms with Gasteiger partial charge in [0.05, 0.1) is 16.8 Å². The summed E-state index contributed by atoms with van der Waals surface area (Å²) in [4.78, 5) is 29.4. The van der Waals surface area contributed by atoms with Crippen LogP contribution in [0, 0.1) is 6.92 Å². The molecule has 0 atom stereocenters. The van der Waals surface area contributed by atoms with E-state index in [4.69, 9.17) is 0 Å². The lowest BCUT2D eigenvalue weighted by Gasteiger charge is -2.13. The highest BCUT2D eigenvalue weighted by molar-refractivity contribution is 7.97. The first-order valence-corrected chi connectivity index (χ1v) is 10.8. The second-order valence-electron chi connectivity index (χ2n) is 6.91. The SMILES string of the molecule is CSCc1nc2ccccc2n1CC(=O)Nc1cc(C(=O)NCC(F)(F)F)ccc1C. The van der Waals surface area contributed by atoms with Crippen LogP contribution in [0.5, 0.6) is 0 Å². The van der Waals surface area contributed by atoms with E-state index in [1.54, 1.807) is 24.8 Å². The van der Waals surface area contributed by atoms with Crippen LogP contribution in [0.1, 0.15) is 21.7 Å². The highest BCUT2D eigenvalue weighted by Gasteiger charge is 2.28. The number of aryl methyl sites for hydroxylation is 1. The average Bonchev–Trinajstić information content (AvgIpc) is 3.05. The van der Waals surface area contributed by atoms with Gasteiger partial charge in [-0.05, 0) is 43.0 Å². The van der Waals surface area contributed by atoms with Crippen molar-refractivity contribution in [3.05, 3.63) is 59.4 Å². The number of nitrogens with one attached hydrogen (secondary N) is 2. The number of amides is 2. The minimum atomic E-state index is -4.50. The predicted octanol–water partition coefficient (Wildman–Crippen LogP) is 4.14. The highest BCUT2D eigenvalue weighted by Crippen LogP contribution is 2.21. The Labute approximate surface area is 181 Å². The summed E-state index contributed by atoms with van der Waals surface area (Å²) in [6.07, 6.45) is -2.55. The van der Waals surface area contributed by atoms with Gasteiger partial charge in [0.2, 0.25) is 5.91 Å². The van der Waals surface area contributed by atoms with Gasteiger partial charge in [-0.3, -0.25) is 9.59 Å². The molecule has 10 heteroatoms. The van der Waals surface area contributed by atoms with Crippen LogP contribution in [0.4, 0.5) is 18.9 Å². The first-order valence-electron chi connectivity index (χ1n) is 9.36. The molecule has 0 spiro atoms. The molecule has 0 unspecified atom stereocenters. The number of carbonyl (C=O) groups is 2. The Balaban J connectivity index is 1.77. The van der Waals surface area contributed by atoms with Crippen LogP contribution in [-0.2, 0) is 17.1 Å². The van der Waals surface area contributed by atoms with Crippen LogP contribution in [0.2, 0.25) is 0 Å². The molecule has 3 aromatic rings. The largest absolute Gasteiger partial charge is 0.405 e. The van der Waals surface area contributed by atoms with Gasteiger partial charge in [-0.1, -0.05) is 18.2 Å². The fourth-order valence-corrected chi connectivity index (χ4v) is 3.53. The van der Waals surface area contributed by atoms with Crippen molar-refractivity contribution in [2.24, 2.45) is 0 Å². The molecule has 0 fully saturated rings. The molecular weight excluding hydrogens is 429 g/mol. The van der Waals surface area contributed by atoms with Gasteiger partial charge >= 0.3 is 6.18 Å². The quantitative estimate of drug-likeness (QED) is 0.567. The Bertz CT molecular complexity index is 1110. The number of rotatable bonds is 7. The number of alkyl halides is 3. The Morgan fingerprint density at radius 3 is 2.61 bits per heavy atom. The second kappa shape index (κ2) is 9.42. The number of imidazole rings is 1. The van der Waals surface area contributed by atoms with Crippen molar-refractivity contribution in [1.29, 1.82) is 0 Å². The number of anilines is 1. The van der Waals surface area contributed by atoms with Gasteiger partial charge in [0.15, 0.2) is 0 Å². The number of carbonyl (C=O) groups excluding carboxylic acids is 2. The summed E-state index contributed by atoms with van der Waals surface area (Å²) in [5.41, 5.74) is 2.69. The minimum Gasteiger partial charge on any atom is -0.343 e. The topological polar surface area (TPSA) is 76.0 Å². The van der Waals surface area contributed by atoms with Crippen molar-refractivity contribution in [3.63, 3.8) is 0 Å². The molecule has 6 nitrogen and oxygen atoms in total. The van der Waals surface area contributed by atoms with E-state index in [-0.39, 0.29) is 18.0 Å². The van der Waals surface area contributed by atoms with Gasteiger partial charge in [0.25, 0.3) is 5.91 Å². The van der Waals surface area contributed by atoms with E-state index in [9.17, 15) is 22.8 Å². The summed E-state index contributed by atoms with van der Waals surface area (Å²) in [6, 6.07) is 11.9. The average molecular weight is 450 g/mol. The summed E-state index contributed by atoms with van der Waals surface area (Å²) < 4.78 is 38.9. The van der Waals surface area contributed by atoms with Gasteiger partial charge < -0.3 is 15.2 Å². The van der Waals surface area contributed by atoms with Gasteiger partial charge in [-0.25, -0.2) is 4.98 Å². The summed E-state index contributed by atoms with van der Waals surface area (Å²) in [7, 11) is 0. The molecule has 1 aromatic heterocycles. The Morgan fingerprint density at radius 1 is 1.16 bits per heavy atom. The van der Waals surface area contributed by atoms with Crippen LogP contribution >= 0.6 is 11.8 Å².